The molecule has 0 N–H and O–H groups in total. The van der Waals surface area contributed by atoms with Gasteiger partial charge in [-0.3, -0.25) is 0 Å². The van der Waals surface area contributed by atoms with E-state index in [4.69, 9.17) is 9.15 Å². The van der Waals surface area contributed by atoms with E-state index in [0.717, 1.165) is 40.7 Å². The Morgan fingerprint density at radius 2 is 1.83 bits per heavy atom. The predicted molar refractivity (Wildman–Crippen MR) is 90.9 cm³/mol. The highest BCUT2D eigenvalue weighted by atomic mass is 16.5. The minimum atomic E-state index is -0.324. The van der Waals surface area contributed by atoms with Gasteiger partial charge in [0.25, 0.3) is 0 Å². The van der Waals surface area contributed by atoms with Gasteiger partial charge in [-0.15, -0.1) is 0 Å². The number of fused-ring (bicyclic) bond motifs is 3. The molecule has 3 heteroatoms. The zero-order chi connectivity index (χ0) is 16.0. The van der Waals surface area contributed by atoms with Gasteiger partial charge in [-0.05, 0) is 49.9 Å². The van der Waals surface area contributed by atoms with E-state index in [9.17, 15) is 4.79 Å². The van der Waals surface area contributed by atoms with Gasteiger partial charge in [-0.25, -0.2) is 4.79 Å². The van der Waals surface area contributed by atoms with Crippen LogP contribution in [-0.4, -0.2) is 5.60 Å². The van der Waals surface area contributed by atoms with Crippen molar-refractivity contribution in [1.82, 2.24) is 0 Å². The average Bonchev–Trinajstić information content (AvgIpc) is 2.53. The molecule has 0 amide bonds. The Kier molecular flexibility index (Phi) is 3.05. The quantitative estimate of drug-likeness (QED) is 0.619. The Morgan fingerprint density at radius 3 is 2.61 bits per heavy atom. The van der Waals surface area contributed by atoms with Gasteiger partial charge in [0.1, 0.15) is 16.9 Å². The maximum absolute atomic E-state index is 12.1. The second kappa shape index (κ2) is 4.98. The summed E-state index contributed by atoms with van der Waals surface area (Å²) in [5.41, 5.74) is 3.07. The minimum absolute atomic E-state index is 0.183. The molecule has 0 aliphatic carbocycles. The number of benzene rings is 2. The van der Waals surface area contributed by atoms with E-state index in [1.165, 1.54) is 0 Å². The van der Waals surface area contributed by atoms with Crippen LogP contribution in [0.15, 0.2) is 57.7 Å². The van der Waals surface area contributed by atoms with Crippen LogP contribution in [0.5, 0.6) is 5.75 Å². The Balaban J connectivity index is 2.00. The fraction of sp³-hybridized carbons (Fsp3) is 0.250. The lowest BCUT2D eigenvalue weighted by molar-refractivity contribution is 0.0849. The van der Waals surface area contributed by atoms with Gasteiger partial charge < -0.3 is 9.15 Å². The molecule has 1 aromatic heterocycles. The molecule has 0 unspecified atom stereocenters. The van der Waals surface area contributed by atoms with E-state index >= 15 is 0 Å². The van der Waals surface area contributed by atoms with Crippen molar-refractivity contribution in [2.24, 2.45) is 0 Å². The number of hydrogen-bond donors (Lipinski definition) is 0. The largest absolute Gasteiger partial charge is 0.487 e. The van der Waals surface area contributed by atoms with Crippen LogP contribution in [0.25, 0.3) is 22.1 Å². The van der Waals surface area contributed by atoms with Gasteiger partial charge in [0.15, 0.2) is 0 Å². The second-order valence-electron chi connectivity index (χ2n) is 6.63. The summed E-state index contributed by atoms with van der Waals surface area (Å²) >= 11 is 0. The molecule has 3 aromatic rings. The summed E-state index contributed by atoms with van der Waals surface area (Å²) in [5, 5.41) is 0.956. The fourth-order valence-electron chi connectivity index (χ4n) is 3.23. The SMILES string of the molecule is CC1(C)CCc2c(ccc3c(-c4ccccc4)cc(=O)oc23)O1. The van der Waals surface area contributed by atoms with Gasteiger partial charge in [0.2, 0.25) is 0 Å². The van der Waals surface area contributed by atoms with E-state index < -0.39 is 0 Å². The lowest BCUT2D eigenvalue weighted by Crippen LogP contribution is -2.32. The molecule has 0 fully saturated rings. The summed E-state index contributed by atoms with van der Waals surface area (Å²) in [4.78, 5) is 12.1. The third-order valence-corrected chi connectivity index (χ3v) is 4.42. The van der Waals surface area contributed by atoms with E-state index in [0.29, 0.717) is 5.58 Å². The zero-order valence-electron chi connectivity index (χ0n) is 13.3. The molecule has 0 saturated carbocycles. The molecule has 116 valence electrons. The smallest absolute Gasteiger partial charge is 0.336 e. The van der Waals surface area contributed by atoms with Crippen LogP contribution in [0.4, 0.5) is 0 Å². The Hall–Kier alpha value is -2.55. The van der Waals surface area contributed by atoms with Crippen molar-refractivity contribution in [3.05, 3.63) is 64.5 Å². The van der Waals surface area contributed by atoms with Crippen LogP contribution in [0, 0.1) is 0 Å². The van der Waals surface area contributed by atoms with Crippen LogP contribution in [0.2, 0.25) is 0 Å². The molecule has 3 nitrogen and oxygen atoms in total. The Labute approximate surface area is 134 Å². The maximum Gasteiger partial charge on any atom is 0.336 e. The summed E-state index contributed by atoms with van der Waals surface area (Å²) in [6.45, 7) is 4.16. The number of hydrogen-bond acceptors (Lipinski definition) is 3. The molecule has 1 aliphatic heterocycles. The summed E-state index contributed by atoms with van der Waals surface area (Å²) < 4.78 is 11.6. The van der Waals surface area contributed by atoms with Crippen molar-refractivity contribution in [1.29, 1.82) is 0 Å². The first kappa shape index (κ1) is 14.1. The van der Waals surface area contributed by atoms with E-state index in [-0.39, 0.29) is 11.2 Å². The normalized spacial score (nSPS) is 15.9. The Bertz CT molecular complexity index is 936. The lowest BCUT2D eigenvalue weighted by atomic mass is 9.91. The molecule has 2 aromatic carbocycles. The van der Waals surface area contributed by atoms with Crippen LogP contribution in [0.3, 0.4) is 0 Å². The molecule has 0 atom stereocenters. The van der Waals surface area contributed by atoms with Crippen molar-refractivity contribution >= 4 is 11.0 Å². The fourth-order valence-corrected chi connectivity index (χ4v) is 3.23. The summed E-state index contributed by atoms with van der Waals surface area (Å²) in [5.74, 6) is 0.821. The van der Waals surface area contributed by atoms with Crippen molar-refractivity contribution in [2.45, 2.75) is 32.3 Å². The predicted octanol–water partition coefficient (Wildman–Crippen LogP) is 4.56. The molecule has 0 saturated heterocycles. The van der Waals surface area contributed by atoms with Crippen LogP contribution < -0.4 is 10.4 Å². The van der Waals surface area contributed by atoms with Crippen molar-refractivity contribution in [2.75, 3.05) is 0 Å². The van der Waals surface area contributed by atoms with Crippen molar-refractivity contribution < 1.29 is 9.15 Å². The lowest BCUT2D eigenvalue weighted by Gasteiger charge is -2.32. The molecule has 23 heavy (non-hydrogen) atoms. The first-order valence-electron chi connectivity index (χ1n) is 7.88. The number of rotatable bonds is 1. The number of aryl methyl sites for hydroxylation is 1. The van der Waals surface area contributed by atoms with Crippen LogP contribution in [-0.2, 0) is 6.42 Å². The van der Waals surface area contributed by atoms with Crippen LogP contribution >= 0.6 is 0 Å². The van der Waals surface area contributed by atoms with Crippen molar-refractivity contribution in [3.8, 4) is 16.9 Å². The molecule has 0 radical (unpaired) electrons. The van der Waals surface area contributed by atoms with E-state index in [1.807, 2.05) is 42.5 Å². The molecule has 4 rings (SSSR count). The third kappa shape index (κ3) is 2.42. The topological polar surface area (TPSA) is 39.4 Å². The zero-order valence-corrected chi connectivity index (χ0v) is 13.3. The van der Waals surface area contributed by atoms with Gasteiger partial charge in [-0.1, -0.05) is 30.3 Å². The molecule has 1 aliphatic rings. The molecule has 0 bridgehead atoms. The Morgan fingerprint density at radius 1 is 1.04 bits per heavy atom. The molecular weight excluding hydrogens is 288 g/mol. The number of ether oxygens (including phenoxy) is 1. The standard InChI is InChI=1S/C20H18O3/c1-20(2)11-10-15-17(23-20)9-8-14-16(12-18(21)22-19(14)15)13-6-4-3-5-7-13/h3-9,12H,10-11H2,1-2H3. The third-order valence-electron chi connectivity index (χ3n) is 4.42. The van der Waals surface area contributed by atoms with Gasteiger partial charge in [-0.2, -0.15) is 0 Å². The molecule has 0 spiro atoms. The second-order valence-corrected chi connectivity index (χ2v) is 6.63. The van der Waals surface area contributed by atoms with Gasteiger partial charge >= 0.3 is 5.63 Å². The summed E-state index contributed by atoms with van der Waals surface area (Å²) in [7, 11) is 0. The highest BCUT2D eigenvalue weighted by Crippen LogP contribution is 2.39. The van der Waals surface area contributed by atoms with Crippen molar-refractivity contribution in [3.63, 3.8) is 0 Å². The summed E-state index contributed by atoms with van der Waals surface area (Å²) in [6, 6.07) is 15.5. The van der Waals surface area contributed by atoms with Gasteiger partial charge in [0.05, 0.1) is 0 Å². The highest BCUT2D eigenvalue weighted by molar-refractivity contribution is 5.95. The van der Waals surface area contributed by atoms with Crippen LogP contribution in [0.1, 0.15) is 25.8 Å². The molecular formula is C20H18O3. The maximum atomic E-state index is 12.1. The van der Waals surface area contributed by atoms with Gasteiger partial charge in [0, 0.05) is 17.0 Å². The highest BCUT2D eigenvalue weighted by Gasteiger charge is 2.28. The summed E-state index contributed by atoms with van der Waals surface area (Å²) in [6.07, 6.45) is 1.75. The van der Waals surface area contributed by atoms with E-state index in [2.05, 4.69) is 13.8 Å². The first-order chi connectivity index (χ1) is 11.0. The average molecular weight is 306 g/mol. The molecule has 2 heterocycles. The van der Waals surface area contributed by atoms with E-state index in [1.54, 1.807) is 6.07 Å². The first-order valence-corrected chi connectivity index (χ1v) is 7.88. The minimum Gasteiger partial charge on any atom is -0.487 e. The monoisotopic (exact) mass is 306 g/mol.